The van der Waals surface area contributed by atoms with E-state index in [4.69, 9.17) is 16.3 Å². The van der Waals surface area contributed by atoms with Gasteiger partial charge in [-0.15, -0.1) is 5.10 Å². The van der Waals surface area contributed by atoms with Crippen molar-refractivity contribution in [3.05, 3.63) is 24.3 Å². The summed E-state index contributed by atoms with van der Waals surface area (Å²) in [7, 11) is 1.71. The van der Waals surface area contributed by atoms with Gasteiger partial charge in [0.1, 0.15) is 19.0 Å². The van der Waals surface area contributed by atoms with Crippen molar-refractivity contribution in [2.75, 3.05) is 0 Å². The molecule has 19 heavy (non-hydrogen) atoms. The van der Waals surface area contributed by atoms with Crippen LogP contribution in [0.15, 0.2) is 19.0 Å². The van der Waals surface area contributed by atoms with E-state index >= 15 is 0 Å². The number of nitrogens with zero attached hydrogens (tertiary/aromatic N) is 9. The zero-order valence-corrected chi connectivity index (χ0v) is 10.3. The summed E-state index contributed by atoms with van der Waals surface area (Å²) in [4.78, 5) is 19.4. The zero-order valence-electron chi connectivity index (χ0n) is 9.54. The van der Waals surface area contributed by atoms with Gasteiger partial charge in [-0.2, -0.15) is 29.7 Å². The molecule has 0 amide bonds. The molecule has 3 aromatic heterocycles. The van der Waals surface area contributed by atoms with Crippen LogP contribution < -0.4 is 4.74 Å². The maximum atomic E-state index is 5.79. The van der Waals surface area contributed by atoms with Gasteiger partial charge in [0.05, 0.1) is 0 Å². The summed E-state index contributed by atoms with van der Waals surface area (Å²) in [5.41, 5.74) is 0. The molecule has 0 aliphatic carbocycles. The summed E-state index contributed by atoms with van der Waals surface area (Å²) in [5.74, 6) is 0.184. The van der Waals surface area contributed by atoms with E-state index in [-0.39, 0.29) is 23.3 Å². The van der Waals surface area contributed by atoms with Crippen molar-refractivity contribution >= 4 is 11.6 Å². The van der Waals surface area contributed by atoms with Crippen LogP contribution in [0.5, 0.6) is 12.0 Å². The van der Waals surface area contributed by atoms with E-state index < -0.39 is 0 Å². The number of aryl methyl sites for hydroxylation is 1. The highest BCUT2D eigenvalue weighted by Gasteiger charge is 2.11. The first kappa shape index (κ1) is 11.5. The van der Waals surface area contributed by atoms with Gasteiger partial charge in [0, 0.05) is 7.05 Å². The van der Waals surface area contributed by atoms with Crippen molar-refractivity contribution in [3.8, 4) is 18.0 Å². The third-order valence-electron chi connectivity index (χ3n) is 1.96. The largest absolute Gasteiger partial charge is 0.387 e. The number of halogens is 1. The Morgan fingerprint density at radius 2 is 2.05 bits per heavy atom. The maximum absolute atomic E-state index is 5.79. The molecule has 0 unspecified atom stereocenters. The van der Waals surface area contributed by atoms with E-state index in [9.17, 15) is 0 Å². The summed E-state index contributed by atoms with van der Waals surface area (Å²) in [6.45, 7) is 0. The van der Waals surface area contributed by atoms with Crippen molar-refractivity contribution in [1.29, 1.82) is 0 Å². The fraction of sp³-hybridized carbons (Fsp3) is 0.125. The molecule has 0 radical (unpaired) electrons. The molecule has 11 heteroatoms. The van der Waals surface area contributed by atoms with Crippen LogP contribution in [0.2, 0.25) is 5.28 Å². The molecular formula is C8H6ClN9O. The first-order chi connectivity index (χ1) is 9.20. The van der Waals surface area contributed by atoms with Crippen molar-refractivity contribution in [2.45, 2.75) is 0 Å². The van der Waals surface area contributed by atoms with Gasteiger partial charge in [-0.05, 0) is 11.6 Å². The lowest BCUT2D eigenvalue weighted by molar-refractivity contribution is 0.401. The second-order valence-electron chi connectivity index (χ2n) is 3.33. The summed E-state index contributed by atoms with van der Waals surface area (Å²) in [6, 6.07) is 0.0750. The lowest BCUT2D eigenvalue weighted by Crippen LogP contribution is -2.05. The molecule has 3 rings (SSSR count). The molecule has 0 spiro atoms. The monoisotopic (exact) mass is 279 g/mol. The molecule has 0 aromatic carbocycles. The summed E-state index contributed by atoms with van der Waals surface area (Å²) in [6.07, 6.45) is 4.25. The summed E-state index contributed by atoms with van der Waals surface area (Å²) < 4.78 is 8.08. The van der Waals surface area contributed by atoms with Crippen molar-refractivity contribution < 1.29 is 4.74 Å². The molecule has 0 saturated heterocycles. The Hall–Kier alpha value is -2.62. The molecule has 0 N–H and O–H groups in total. The highest BCUT2D eigenvalue weighted by atomic mass is 35.5. The SMILES string of the molecule is Cn1cnc(Oc2nc(Cl)nc(-n3cncn3)n2)n1. The van der Waals surface area contributed by atoms with Gasteiger partial charge in [-0.25, -0.2) is 4.98 Å². The predicted octanol–water partition coefficient (Wildman–Crippen LogP) is 0.0265. The fourth-order valence-electron chi connectivity index (χ4n) is 1.23. The molecule has 0 atom stereocenters. The van der Waals surface area contributed by atoms with Crippen molar-refractivity contribution in [2.24, 2.45) is 7.05 Å². The molecule has 10 nitrogen and oxygen atoms in total. The number of hydrogen-bond acceptors (Lipinski definition) is 8. The second-order valence-corrected chi connectivity index (χ2v) is 3.67. The minimum Gasteiger partial charge on any atom is -0.387 e. The van der Waals surface area contributed by atoms with Crippen molar-refractivity contribution in [3.63, 3.8) is 0 Å². The third-order valence-corrected chi connectivity index (χ3v) is 2.13. The molecule has 3 aromatic rings. The van der Waals surface area contributed by atoms with Crippen LogP contribution in [0.1, 0.15) is 0 Å². The Labute approximate surface area is 111 Å². The van der Waals surface area contributed by atoms with E-state index in [0.29, 0.717) is 0 Å². The van der Waals surface area contributed by atoms with Gasteiger partial charge < -0.3 is 4.74 Å². The van der Waals surface area contributed by atoms with Crippen LogP contribution in [0.25, 0.3) is 5.95 Å². The smallest absolute Gasteiger partial charge is 0.343 e. The molecule has 0 aliphatic rings. The fourth-order valence-corrected chi connectivity index (χ4v) is 1.38. The Bertz CT molecular complexity index is 694. The Morgan fingerprint density at radius 1 is 1.16 bits per heavy atom. The molecule has 3 heterocycles. The first-order valence-corrected chi connectivity index (χ1v) is 5.38. The second kappa shape index (κ2) is 4.57. The maximum Gasteiger partial charge on any atom is 0.343 e. The number of rotatable bonds is 3. The highest BCUT2D eigenvalue weighted by molar-refractivity contribution is 6.28. The lowest BCUT2D eigenvalue weighted by atomic mass is 10.9. The van der Waals surface area contributed by atoms with Crippen LogP contribution in [-0.4, -0.2) is 44.5 Å². The van der Waals surface area contributed by atoms with E-state index in [2.05, 4.69) is 35.1 Å². The number of hydrogen-bond donors (Lipinski definition) is 0. The minimum absolute atomic E-state index is 0.0308. The van der Waals surface area contributed by atoms with Crippen LogP contribution in [-0.2, 0) is 7.05 Å². The van der Waals surface area contributed by atoms with Crippen LogP contribution >= 0.6 is 11.6 Å². The van der Waals surface area contributed by atoms with Crippen LogP contribution in [0.4, 0.5) is 0 Å². The Balaban J connectivity index is 1.94. The third kappa shape index (κ3) is 2.47. The van der Waals surface area contributed by atoms with E-state index in [1.54, 1.807) is 7.05 Å². The predicted molar refractivity (Wildman–Crippen MR) is 60.8 cm³/mol. The average molecular weight is 280 g/mol. The molecule has 0 bridgehead atoms. The Morgan fingerprint density at radius 3 is 2.74 bits per heavy atom. The van der Waals surface area contributed by atoms with Gasteiger partial charge in [0.2, 0.25) is 5.28 Å². The topological polar surface area (TPSA) is 109 Å². The van der Waals surface area contributed by atoms with Gasteiger partial charge in [-0.3, -0.25) is 4.68 Å². The minimum atomic E-state index is -0.0357. The van der Waals surface area contributed by atoms with E-state index in [1.165, 1.54) is 28.3 Å². The molecule has 0 aliphatic heterocycles. The van der Waals surface area contributed by atoms with Crippen molar-refractivity contribution in [1.82, 2.24) is 44.5 Å². The lowest BCUT2D eigenvalue weighted by Gasteiger charge is -2.02. The van der Waals surface area contributed by atoms with Crippen LogP contribution in [0.3, 0.4) is 0 Å². The normalized spacial score (nSPS) is 10.6. The number of ether oxygens (including phenoxy) is 1. The van der Waals surface area contributed by atoms with Gasteiger partial charge in [-0.1, -0.05) is 0 Å². The van der Waals surface area contributed by atoms with Crippen LogP contribution in [0, 0.1) is 0 Å². The molecule has 96 valence electrons. The summed E-state index contributed by atoms with van der Waals surface area (Å²) >= 11 is 5.79. The number of aromatic nitrogens is 9. The zero-order chi connectivity index (χ0) is 13.2. The van der Waals surface area contributed by atoms with Gasteiger partial charge >= 0.3 is 12.0 Å². The summed E-state index contributed by atoms with van der Waals surface area (Å²) in [5, 5.41) is 7.78. The van der Waals surface area contributed by atoms with Gasteiger partial charge in [0.15, 0.2) is 0 Å². The molecule has 0 saturated carbocycles. The van der Waals surface area contributed by atoms with E-state index in [1.807, 2.05) is 0 Å². The standard InChI is InChI=1S/C8H6ClN9O/c1-17-4-11-7(16-17)19-8-14-5(9)13-6(15-8)18-3-10-2-12-18/h2-4H,1H3. The van der Waals surface area contributed by atoms with Gasteiger partial charge in [0.25, 0.3) is 5.95 Å². The molecule has 0 fully saturated rings. The highest BCUT2D eigenvalue weighted by Crippen LogP contribution is 2.15. The van der Waals surface area contributed by atoms with E-state index in [0.717, 1.165) is 0 Å². The molecular weight excluding hydrogens is 274 g/mol. The average Bonchev–Trinajstić information content (AvgIpc) is 3.00. The quantitative estimate of drug-likeness (QED) is 0.660. The Kier molecular flexibility index (Phi) is 2.76. The first-order valence-electron chi connectivity index (χ1n) is 5.01.